The molecule has 2 heteroatoms. The minimum Gasteiger partial charge on any atom is -0.285 e. The lowest BCUT2D eigenvalue weighted by atomic mass is 10.4. The summed E-state index contributed by atoms with van der Waals surface area (Å²) < 4.78 is 0. The van der Waals surface area contributed by atoms with Gasteiger partial charge in [-0.3, -0.25) is 9.80 Å². The van der Waals surface area contributed by atoms with E-state index in [1.807, 2.05) is 0 Å². The highest BCUT2D eigenvalue weighted by atomic mass is 15.5. The van der Waals surface area contributed by atoms with Crippen molar-refractivity contribution in [2.75, 3.05) is 26.2 Å². The molecule has 9 heavy (non-hydrogen) atoms. The molecule has 2 nitrogen and oxygen atoms in total. The summed E-state index contributed by atoms with van der Waals surface area (Å²) >= 11 is 0. The van der Waals surface area contributed by atoms with Crippen LogP contribution in [0.15, 0.2) is 0 Å². The highest BCUT2D eigenvalue weighted by Crippen LogP contribution is 2.22. The van der Waals surface area contributed by atoms with Gasteiger partial charge in [-0.05, 0) is 6.42 Å². The Labute approximate surface area is 56.4 Å². The van der Waals surface area contributed by atoms with E-state index in [1.165, 1.54) is 32.6 Å². The highest BCUT2D eigenvalue weighted by molar-refractivity contribution is 4.87. The van der Waals surface area contributed by atoms with Gasteiger partial charge in [0.2, 0.25) is 0 Å². The van der Waals surface area contributed by atoms with Gasteiger partial charge < -0.3 is 0 Å². The van der Waals surface area contributed by atoms with Crippen LogP contribution in [-0.2, 0) is 0 Å². The number of nitrogens with zero attached hydrogens (tertiary/aromatic N) is 2. The molecule has 2 aliphatic heterocycles. The van der Waals surface area contributed by atoms with Crippen LogP contribution in [0.2, 0.25) is 0 Å². The Morgan fingerprint density at radius 3 is 1.78 bits per heavy atom. The van der Waals surface area contributed by atoms with Gasteiger partial charge >= 0.3 is 0 Å². The van der Waals surface area contributed by atoms with Crippen LogP contribution in [0.5, 0.6) is 0 Å². The summed E-state index contributed by atoms with van der Waals surface area (Å²) in [5.41, 5.74) is 0. The molecule has 0 radical (unpaired) electrons. The maximum absolute atomic E-state index is 2.53. The molecular weight excluding hydrogens is 112 g/mol. The van der Waals surface area contributed by atoms with Gasteiger partial charge in [-0.1, -0.05) is 6.92 Å². The summed E-state index contributed by atoms with van der Waals surface area (Å²) in [6.07, 6.45) is 2.12. The van der Waals surface area contributed by atoms with E-state index in [9.17, 15) is 0 Å². The maximum Gasteiger partial charge on any atom is 0.0621 e. The maximum atomic E-state index is 2.53. The molecule has 0 N–H and O–H groups in total. The molecule has 2 rings (SSSR count). The molecule has 0 unspecified atom stereocenters. The zero-order valence-electron chi connectivity index (χ0n) is 6.01. The second kappa shape index (κ2) is 1.96. The minimum absolute atomic E-state index is 0.810. The van der Waals surface area contributed by atoms with Crippen molar-refractivity contribution in [3.63, 3.8) is 0 Å². The van der Waals surface area contributed by atoms with Crippen molar-refractivity contribution in [1.82, 2.24) is 9.80 Å². The van der Waals surface area contributed by atoms with E-state index in [1.54, 1.807) is 0 Å². The Balaban J connectivity index is 1.85. The van der Waals surface area contributed by atoms with Crippen LogP contribution < -0.4 is 0 Å². The summed E-state index contributed by atoms with van der Waals surface area (Å²) in [6.45, 7) is 7.65. The first-order valence-corrected chi connectivity index (χ1v) is 3.90. The lowest BCUT2D eigenvalue weighted by Gasteiger charge is -2.16. The van der Waals surface area contributed by atoms with E-state index in [0.29, 0.717) is 0 Å². The Bertz CT molecular complexity index is 93.5. The predicted molar refractivity (Wildman–Crippen MR) is 37.2 cm³/mol. The summed E-state index contributed by atoms with van der Waals surface area (Å²) in [5.74, 6) is 0. The highest BCUT2D eigenvalue weighted by Gasteiger charge is 2.35. The molecule has 0 spiro atoms. The van der Waals surface area contributed by atoms with Crippen LogP contribution in [-0.4, -0.2) is 42.1 Å². The molecule has 0 bridgehead atoms. The summed E-state index contributed by atoms with van der Waals surface area (Å²) in [6, 6.07) is 0. The van der Waals surface area contributed by atoms with Gasteiger partial charge in [0.25, 0.3) is 0 Å². The van der Waals surface area contributed by atoms with Crippen molar-refractivity contribution in [3.05, 3.63) is 0 Å². The standard InChI is InChI=1S/C7H14N2/c1-2-7(8-3-4-8)9-5-6-9/h7H,2-6H2,1H3. The molecule has 2 fully saturated rings. The van der Waals surface area contributed by atoms with Crippen molar-refractivity contribution >= 4 is 0 Å². The fraction of sp³-hybridized carbons (Fsp3) is 1.00. The van der Waals surface area contributed by atoms with E-state index in [4.69, 9.17) is 0 Å². The van der Waals surface area contributed by atoms with Crippen molar-refractivity contribution < 1.29 is 0 Å². The first-order chi connectivity index (χ1) is 4.42. The third kappa shape index (κ3) is 1.10. The van der Waals surface area contributed by atoms with Crippen molar-refractivity contribution in [2.45, 2.75) is 19.5 Å². The van der Waals surface area contributed by atoms with Crippen LogP contribution in [0, 0.1) is 0 Å². The lowest BCUT2D eigenvalue weighted by Crippen LogP contribution is -2.26. The van der Waals surface area contributed by atoms with Crippen LogP contribution >= 0.6 is 0 Å². The molecule has 0 aromatic rings. The molecule has 2 saturated heterocycles. The van der Waals surface area contributed by atoms with E-state index >= 15 is 0 Å². The Morgan fingerprint density at radius 1 is 1.11 bits per heavy atom. The zero-order chi connectivity index (χ0) is 6.27. The molecule has 0 amide bonds. The fourth-order valence-corrected chi connectivity index (χ4v) is 1.46. The van der Waals surface area contributed by atoms with Crippen molar-refractivity contribution in [3.8, 4) is 0 Å². The van der Waals surface area contributed by atoms with Gasteiger partial charge in [0.05, 0.1) is 6.17 Å². The van der Waals surface area contributed by atoms with Gasteiger partial charge in [0, 0.05) is 26.2 Å². The van der Waals surface area contributed by atoms with Gasteiger partial charge in [0.15, 0.2) is 0 Å². The van der Waals surface area contributed by atoms with E-state index in [-0.39, 0.29) is 0 Å². The summed E-state index contributed by atoms with van der Waals surface area (Å²) in [5, 5.41) is 0. The Kier molecular flexibility index (Phi) is 1.24. The van der Waals surface area contributed by atoms with Crippen LogP contribution in [0.4, 0.5) is 0 Å². The number of rotatable bonds is 3. The molecule has 0 aromatic carbocycles. The molecule has 0 saturated carbocycles. The number of hydrogen-bond acceptors (Lipinski definition) is 2. The normalized spacial score (nSPS) is 27.3. The minimum atomic E-state index is 0.810. The van der Waals surface area contributed by atoms with Crippen LogP contribution in [0.25, 0.3) is 0 Å². The quantitative estimate of drug-likeness (QED) is 0.503. The predicted octanol–water partition coefficient (Wildman–Crippen LogP) is 0.354. The smallest absolute Gasteiger partial charge is 0.0621 e. The molecule has 52 valence electrons. The lowest BCUT2D eigenvalue weighted by molar-refractivity contribution is 0.241. The zero-order valence-corrected chi connectivity index (χ0v) is 6.01. The Hall–Kier alpha value is -0.0800. The molecule has 0 atom stereocenters. The Morgan fingerprint density at radius 2 is 1.56 bits per heavy atom. The topological polar surface area (TPSA) is 6.02 Å². The molecule has 2 heterocycles. The second-order valence-electron chi connectivity index (χ2n) is 2.96. The third-order valence-corrected chi connectivity index (χ3v) is 2.17. The summed E-state index contributed by atoms with van der Waals surface area (Å²) in [7, 11) is 0. The third-order valence-electron chi connectivity index (χ3n) is 2.17. The van der Waals surface area contributed by atoms with Gasteiger partial charge in [-0.25, -0.2) is 0 Å². The van der Waals surface area contributed by atoms with Gasteiger partial charge in [-0.15, -0.1) is 0 Å². The first kappa shape index (κ1) is 5.69. The van der Waals surface area contributed by atoms with Crippen LogP contribution in [0.1, 0.15) is 13.3 Å². The second-order valence-corrected chi connectivity index (χ2v) is 2.96. The van der Waals surface area contributed by atoms with Gasteiger partial charge in [-0.2, -0.15) is 0 Å². The first-order valence-electron chi connectivity index (χ1n) is 3.90. The average Bonchev–Trinajstić information content (AvgIpc) is 2.61. The fourth-order valence-electron chi connectivity index (χ4n) is 1.46. The van der Waals surface area contributed by atoms with Crippen molar-refractivity contribution in [1.29, 1.82) is 0 Å². The van der Waals surface area contributed by atoms with E-state index in [2.05, 4.69) is 16.7 Å². The largest absolute Gasteiger partial charge is 0.285 e. The van der Waals surface area contributed by atoms with Crippen molar-refractivity contribution in [2.24, 2.45) is 0 Å². The van der Waals surface area contributed by atoms with E-state index in [0.717, 1.165) is 6.17 Å². The monoisotopic (exact) mass is 126 g/mol. The average molecular weight is 126 g/mol. The SMILES string of the molecule is CCC(N1CC1)N1CC1. The summed E-state index contributed by atoms with van der Waals surface area (Å²) in [4.78, 5) is 5.07. The molecular formula is C7H14N2. The number of hydrogen-bond donors (Lipinski definition) is 0. The van der Waals surface area contributed by atoms with Crippen LogP contribution in [0.3, 0.4) is 0 Å². The van der Waals surface area contributed by atoms with E-state index < -0.39 is 0 Å². The molecule has 2 aliphatic rings. The molecule has 0 aromatic heterocycles. The van der Waals surface area contributed by atoms with Gasteiger partial charge in [0.1, 0.15) is 0 Å². The molecule has 0 aliphatic carbocycles.